The van der Waals surface area contributed by atoms with Gasteiger partial charge in [0.2, 0.25) is 5.91 Å². The molecular weight excluding hydrogens is 344 g/mol. The number of benzene rings is 1. The van der Waals surface area contributed by atoms with Gasteiger partial charge in [-0.1, -0.05) is 18.2 Å². The largest absolute Gasteiger partial charge is 0.306 e. The molecule has 1 aliphatic heterocycles. The van der Waals surface area contributed by atoms with Crippen molar-refractivity contribution in [1.82, 2.24) is 15.3 Å². The van der Waals surface area contributed by atoms with E-state index in [1.54, 1.807) is 0 Å². The zero-order valence-corrected chi connectivity index (χ0v) is 15.6. The van der Waals surface area contributed by atoms with Crippen molar-refractivity contribution in [3.8, 4) is 22.4 Å². The summed E-state index contributed by atoms with van der Waals surface area (Å²) in [5, 5.41) is 8.61. The van der Waals surface area contributed by atoms with Crippen LogP contribution in [0.15, 0.2) is 41.8 Å². The quantitative estimate of drug-likeness (QED) is 0.739. The predicted molar refractivity (Wildman–Crippen MR) is 105 cm³/mol. The molecule has 1 amide bonds. The van der Waals surface area contributed by atoms with Crippen LogP contribution < -0.4 is 10.6 Å². The first kappa shape index (κ1) is 16.9. The van der Waals surface area contributed by atoms with Gasteiger partial charge in [-0.3, -0.25) is 9.78 Å². The number of pyridine rings is 1. The average molecular weight is 364 g/mol. The minimum absolute atomic E-state index is 0.00589. The lowest BCUT2D eigenvalue weighted by molar-refractivity contribution is -0.119. The number of nitrogens with one attached hydrogen (secondary N) is 2. The molecule has 3 heterocycles. The van der Waals surface area contributed by atoms with E-state index in [-0.39, 0.29) is 11.9 Å². The van der Waals surface area contributed by atoms with E-state index in [1.807, 2.05) is 31.4 Å². The van der Waals surface area contributed by atoms with Crippen molar-refractivity contribution in [1.29, 1.82) is 0 Å². The summed E-state index contributed by atoms with van der Waals surface area (Å²) in [5.41, 5.74) is 6.21. The molecule has 1 aromatic carbocycles. The van der Waals surface area contributed by atoms with Crippen LogP contribution in [0.3, 0.4) is 0 Å². The van der Waals surface area contributed by atoms with Crippen LogP contribution >= 0.6 is 11.3 Å². The summed E-state index contributed by atoms with van der Waals surface area (Å²) in [7, 11) is 0. The topological polar surface area (TPSA) is 66.9 Å². The van der Waals surface area contributed by atoms with Gasteiger partial charge >= 0.3 is 0 Å². The molecule has 26 heavy (non-hydrogen) atoms. The lowest BCUT2D eigenvalue weighted by Crippen LogP contribution is -2.50. The second-order valence-corrected chi connectivity index (χ2v) is 7.40. The summed E-state index contributed by atoms with van der Waals surface area (Å²) >= 11 is 1.45. The molecule has 0 radical (unpaired) electrons. The molecule has 6 heteroatoms. The van der Waals surface area contributed by atoms with E-state index in [9.17, 15) is 4.79 Å². The molecule has 0 spiro atoms. The van der Waals surface area contributed by atoms with Gasteiger partial charge in [0.1, 0.15) is 0 Å². The number of carbonyl (C=O) groups is 1. The van der Waals surface area contributed by atoms with Crippen LogP contribution in [0.2, 0.25) is 0 Å². The molecule has 2 N–H and O–H groups in total. The van der Waals surface area contributed by atoms with E-state index in [2.05, 4.69) is 44.9 Å². The van der Waals surface area contributed by atoms with E-state index in [0.29, 0.717) is 5.13 Å². The van der Waals surface area contributed by atoms with Crippen LogP contribution in [-0.4, -0.2) is 28.5 Å². The molecule has 3 aromatic rings. The maximum absolute atomic E-state index is 12.0. The summed E-state index contributed by atoms with van der Waals surface area (Å²) in [4.78, 5) is 21.0. The number of nitrogens with zero attached hydrogens (tertiary/aromatic N) is 2. The third kappa shape index (κ3) is 3.52. The second-order valence-electron chi connectivity index (χ2n) is 6.54. The Morgan fingerprint density at radius 1 is 1.12 bits per heavy atom. The first-order valence-corrected chi connectivity index (χ1v) is 9.52. The molecule has 5 nitrogen and oxygen atoms in total. The van der Waals surface area contributed by atoms with Crippen LogP contribution in [-0.2, 0) is 4.79 Å². The smallest absolute Gasteiger partial charge is 0.243 e. The van der Waals surface area contributed by atoms with Crippen molar-refractivity contribution in [3.63, 3.8) is 0 Å². The highest BCUT2D eigenvalue weighted by Crippen LogP contribution is 2.29. The SMILES string of the molecule is Cc1cc(-c2cccc(-c3csc(NC(=O)[C@@H]4CCN4)n3)c2)cc(C)n1. The van der Waals surface area contributed by atoms with Gasteiger partial charge in [-0.25, -0.2) is 4.98 Å². The Hall–Kier alpha value is -2.57. The normalized spacial score (nSPS) is 16.2. The Kier molecular flexibility index (Phi) is 4.53. The minimum Gasteiger partial charge on any atom is -0.306 e. The zero-order chi connectivity index (χ0) is 18.1. The van der Waals surface area contributed by atoms with Crippen LogP contribution in [0.5, 0.6) is 0 Å². The lowest BCUT2D eigenvalue weighted by atomic mass is 10.0. The van der Waals surface area contributed by atoms with E-state index >= 15 is 0 Å². The summed E-state index contributed by atoms with van der Waals surface area (Å²) in [5.74, 6) is -0.00589. The van der Waals surface area contributed by atoms with Crippen LogP contribution in [0.25, 0.3) is 22.4 Å². The minimum atomic E-state index is -0.0798. The van der Waals surface area contributed by atoms with Gasteiger partial charge in [0, 0.05) is 22.3 Å². The van der Waals surface area contributed by atoms with Crippen molar-refractivity contribution in [2.75, 3.05) is 11.9 Å². The highest BCUT2D eigenvalue weighted by molar-refractivity contribution is 7.14. The standard InChI is InChI=1S/C20H20N4OS/c1-12-8-16(9-13(2)22-12)14-4-3-5-15(10-14)18-11-26-20(23-18)24-19(25)17-6-7-21-17/h3-5,8-11,17,21H,6-7H2,1-2H3,(H,23,24,25)/t17-/m0/s1. The average Bonchev–Trinajstić information content (AvgIpc) is 3.01. The molecule has 1 aliphatic rings. The molecule has 0 bridgehead atoms. The maximum Gasteiger partial charge on any atom is 0.243 e. The van der Waals surface area contributed by atoms with E-state index in [0.717, 1.165) is 46.7 Å². The Morgan fingerprint density at radius 3 is 2.54 bits per heavy atom. The number of amides is 1. The van der Waals surface area contributed by atoms with Gasteiger partial charge < -0.3 is 10.6 Å². The molecule has 1 fully saturated rings. The summed E-state index contributed by atoms with van der Waals surface area (Å²) in [6.07, 6.45) is 0.886. The van der Waals surface area contributed by atoms with Gasteiger partial charge in [0.15, 0.2) is 5.13 Å². The van der Waals surface area contributed by atoms with Crippen molar-refractivity contribution < 1.29 is 4.79 Å². The van der Waals surface area contributed by atoms with Crippen LogP contribution in [0.4, 0.5) is 5.13 Å². The first-order valence-electron chi connectivity index (χ1n) is 8.64. The van der Waals surface area contributed by atoms with Gasteiger partial charge in [-0.2, -0.15) is 0 Å². The summed E-state index contributed by atoms with van der Waals surface area (Å²) < 4.78 is 0. The Balaban J connectivity index is 1.57. The molecule has 0 unspecified atom stereocenters. The van der Waals surface area contributed by atoms with Crippen molar-refractivity contribution in [2.45, 2.75) is 26.3 Å². The van der Waals surface area contributed by atoms with Crippen molar-refractivity contribution >= 4 is 22.4 Å². The monoisotopic (exact) mass is 364 g/mol. The van der Waals surface area contributed by atoms with Gasteiger partial charge in [0.25, 0.3) is 0 Å². The summed E-state index contributed by atoms with van der Waals surface area (Å²) in [6, 6.07) is 12.4. The highest BCUT2D eigenvalue weighted by Gasteiger charge is 2.25. The van der Waals surface area contributed by atoms with Crippen molar-refractivity contribution in [3.05, 3.63) is 53.2 Å². The Bertz CT molecular complexity index is 942. The molecule has 0 saturated carbocycles. The number of hydrogen-bond donors (Lipinski definition) is 2. The second kappa shape index (κ2) is 6.97. The Morgan fingerprint density at radius 2 is 1.85 bits per heavy atom. The van der Waals surface area contributed by atoms with Crippen LogP contribution in [0, 0.1) is 13.8 Å². The first-order chi connectivity index (χ1) is 12.6. The Labute approximate surface area is 156 Å². The predicted octanol–water partition coefficient (Wildman–Crippen LogP) is 3.79. The number of carbonyl (C=O) groups excluding carboxylic acids is 1. The fourth-order valence-corrected chi connectivity index (χ4v) is 3.75. The molecule has 132 valence electrons. The van der Waals surface area contributed by atoms with E-state index < -0.39 is 0 Å². The molecule has 2 aromatic heterocycles. The van der Waals surface area contributed by atoms with E-state index in [1.165, 1.54) is 11.3 Å². The third-order valence-electron chi connectivity index (χ3n) is 4.45. The number of aromatic nitrogens is 2. The molecule has 0 aliphatic carbocycles. The third-order valence-corrected chi connectivity index (χ3v) is 5.21. The fraction of sp³-hybridized carbons (Fsp3) is 0.250. The maximum atomic E-state index is 12.0. The zero-order valence-electron chi connectivity index (χ0n) is 14.7. The molecule has 1 saturated heterocycles. The van der Waals surface area contributed by atoms with Gasteiger partial charge in [0.05, 0.1) is 11.7 Å². The number of anilines is 1. The number of thiazole rings is 1. The summed E-state index contributed by atoms with van der Waals surface area (Å²) in [6.45, 7) is 4.92. The van der Waals surface area contributed by atoms with Gasteiger partial charge in [-0.05, 0) is 56.1 Å². The van der Waals surface area contributed by atoms with Gasteiger partial charge in [-0.15, -0.1) is 11.3 Å². The number of hydrogen-bond acceptors (Lipinski definition) is 5. The van der Waals surface area contributed by atoms with Crippen molar-refractivity contribution in [2.24, 2.45) is 0 Å². The lowest BCUT2D eigenvalue weighted by Gasteiger charge is -2.25. The van der Waals surface area contributed by atoms with Crippen LogP contribution in [0.1, 0.15) is 17.8 Å². The molecule has 1 atom stereocenters. The molecular formula is C20H20N4OS. The highest BCUT2D eigenvalue weighted by atomic mass is 32.1. The van der Waals surface area contributed by atoms with E-state index in [4.69, 9.17) is 0 Å². The number of aryl methyl sites for hydroxylation is 2. The molecule has 4 rings (SSSR count). The fourth-order valence-electron chi connectivity index (χ4n) is 3.03. The number of rotatable bonds is 4.